The van der Waals surface area contributed by atoms with E-state index in [-0.39, 0.29) is 0 Å². The van der Waals surface area contributed by atoms with E-state index in [1.165, 1.54) is 36.8 Å². The molecule has 20 heavy (non-hydrogen) atoms. The van der Waals surface area contributed by atoms with Gasteiger partial charge in [-0.15, -0.1) is 0 Å². The third-order valence-electron chi connectivity index (χ3n) is 3.93. The smallest absolute Gasteiger partial charge is 0.137 e. The SMILES string of the molecule is Cc1cccc(-c2cnc(C)nc2NC2CCCC2)c1. The normalized spacial score (nSPS) is 15.5. The highest BCUT2D eigenvalue weighted by Gasteiger charge is 2.17. The van der Waals surface area contributed by atoms with Crippen molar-refractivity contribution in [2.24, 2.45) is 0 Å². The molecule has 1 heterocycles. The molecule has 1 aliphatic carbocycles. The lowest BCUT2D eigenvalue weighted by molar-refractivity contribution is 0.749. The van der Waals surface area contributed by atoms with Gasteiger partial charge in [0.1, 0.15) is 11.6 Å². The number of hydrogen-bond acceptors (Lipinski definition) is 3. The quantitative estimate of drug-likeness (QED) is 0.909. The predicted molar refractivity (Wildman–Crippen MR) is 82.8 cm³/mol. The van der Waals surface area contributed by atoms with Crippen LogP contribution in [0.25, 0.3) is 11.1 Å². The summed E-state index contributed by atoms with van der Waals surface area (Å²) < 4.78 is 0. The second-order valence-corrected chi connectivity index (χ2v) is 5.67. The maximum Gasteiger partial charge on any atom is 0.137 e. The van der Waals surface area contributed by atoms with Gasteiger partial charge in [0.25, 0.3) is 0 Å². The van der Waals surface area contributed by atoms with E-state index in [2.05, 4.69) is 46.5 Å². The Morgan fingerprint density at radius 3 is 2.70 bits per heavy atom. The zero-order valence-electron chi connectivity index (χ0n) is 12.2. The zero-order valence-corrected chi connectivity index (χ0v) is 12.2. The van der Waals surface area contributed by atoms with Gasteiger partial charge in [-0.3, -0.25) is 0 Å². The van der Waals surface area contributed by atoms with Gasteiger partial charge in [-0.2, -0.15) is 0 Å². The Balaban J connectivity index is 1.97. The Kier molecular flexibility index (Phi) is 3.68. The molecule has 1 fully saturated rings. The van der Waals surface area contributed by atoms with Crippen LogP contribution in [0.15, 0.2) is 30.5 Å². The van der Waals surface area contributed by atoms with Gasteiger partial charge in [0, 0.05) is 17.8 Å². The summed E-state index contributed by atoms with van der Waals surface area (Å²) in [6.45, 7) is 4.06. The Hall–Kier alpha value is -1.90. The molecular weight excluding hydrogens is 246 g/mol. The molecule has 2 aromatic rings. The number of anilines is 1. The van der Waals surface area contributed by atoms with Crippen LogP contribution in [0.2, 0.25) is 0 Å². The minimum atomic E-state index is 0.563. The average molecular weight is 267 g/mol. The van der Waals surface area contributed by atoms with Crippen LogP contribution in [0.3, 0.4) is 0 Å². The number of nitrogens with one attached hydrogen (secondary N) is 1. The topological polar surface area (TPSA) is 37.8 Å². The van der Waals surface area contributed by atoms with Crippen molar-refractivity contribution < 1.29 is 0 Å². The molecule has 1 aliphatic rings. The molecule has 1 N–H and O–H groups in total. The van der Waals surface area contributed by atoms with Gasteiger partial charge < -0.3 is 5.32 Å². The van der Waals surface area contributed by atoms with E-state index in [9.17, 15) is 0 Å². The summed E-state index contributed by atoms with van der Waals surface area (Å²) in [5.74, 6) is 1.80. The van der Waals surface area contributed by atoms with Gasteiger partial charge in [0.05, 0.1) is 0 Å². The lowest BCUT2D eigenvalue weighted by atomic mass is 10.1. The minimum absolute atomic E-state index is 0.563. The molecule has 1 aromatic heterocycles. The summed E-state index contributed by atoms with van der Waals surface area (Å²) in [5.41, 5.74) is 3.55. The molecule has 1 aromatic carbocycles. The maximum atomic E-state index is 4.62. The third-order valence-corrected chi connectivity index (χ3v) is 3.93. The Bertz CT molecular complexity index is 601. The van der Waals surface area contributed by atoms with Gasteiger partial charge in [-0.1, -0.05) is 42.7 Å². The van der Waals surface area contributed by atoms with E-state index >= 15 is 0 Å². The summed E-state index contributed by atoms with van der Waals surface area (Å²) >= 11 is 0. The summed E-state index contributed by atoms with van der Waals surface area (Å²) in [6.07, 6.45) is 7.07. The van der Waals surface area contributed by atoms with Crippen molar-refractivity contribution in [2.75, 3.05) is 5.32 Å². The van der Waals surface area contributed by atoms with Crippen LogP contribution in [0, 0.1) is 13.8 Å². The van der Waals surface area contributed by atoms with Crippen molar-refractivity contribution in [2.45, 2.75) is 45.6 Å². The van der Waals surface area contributed by atoms with Crippen LogP contribution in [0.1, 0.15) is 37.1 Å². The highest BCUT2D eigenvalue weighted by Crippen LogP contribution is 2.29. The molecule has 0 saturated heterocycles. The first-order valence-corrected chi connectivity index (χ1v) is 7.39. The second-order valence-electron chi connectivity index (χ2n) is 5.67. The van der Waals surface area contributed by atoms with Crippen LogP contribution < -0.4 is 5.32 Å². The summed E-state index contributed by atoms with van der Waals surface area (Å²) in [5, 5.41) is 3.62. The van der Waals surface area contributed by atoms with E-state index in [0.717, 1.165) is 17.2 Å². The number of nitrogens with zero attached hydrogens (tertiary/aromatic N) is 2. The fourth-order valence-corrected chi connectivity index (χ4v) is 2.87. The molecule has 3 rings (SSSR count). The standard InChI is InChI=1S/C17H21N3/c1-12-6-5-7-14(10-12)16-11-18-13(2)19-17(16)20-15-8-3-4-9-15/h5-7,10-11,15H,3-4,8-9H2,1-2H3,(H,18,19,20). The van der Waals surface area contributed by atoms with Crippen molar-refractivity contribution in [3.05, 3.63) is 41.9 Å². The zero-order chi connectivity index (χ0) is 13.9. The number of hydrogen-bond donors (Lipinski definition) is 1. The molecule has 0 atom stereocenters. The highest BCUT2D eigenvalue weighted by molar-refractivity contribution is 5.75. The summed E-state index contributed by atoms with van der Waals surface area (Å²) in [4.78, 5) is 8.99. The third kappa shape index (κ3) is 2.82. The minimum Gasteiger partial charge on any atom is -0.367 e. The fourth-order valence-electron chi connectivity index (χ4n) is 2.87. The van der Waals surface area contributed by atoms with E-state index < -0.39 is 0 Å². The molecular formula is C17H21N3. The van der Waals surface area contributed by atoms with E-state index in [4.69, 9.17) is 0 Å². The molecule has 0 bridgehead atoms. The summed E-state index contributed by atoms with van der Waals surface area (Å²) in [6, 6.07) is 9.08. The molecule has 3 heteroatoms. The molecule has 0 spiro atoms. The second kappa shape index (κ2) is 5.61. The van der Waals surface area contributed by atoms with E-state index in [1.54, 1.807) is 0 Å². The van der Waals surface area contributed by atoms with Crippen molar-refractivity contribution in [1.82, 2.24) is 9.97 Å². The first-order chi connectivity index (χ1) is 9.72. The molecule has 3 nitrogen and oxygen atoms in total. The molecule has 0 amide bonds. The number of aromatic nitrogens is 2. The van der Waals surface area contributed by atoms with Crippen LogP contribution >= 0.6 is 0 Å². The van der Waals surface area contributed by atoms with Gasteiger partial charge >= 0.3 is 0 Å². The average Bonchev–Trinajstić information content (AvgIpc) is 2.92. The van der Waals surface area contributed by atoms with Crippen LogP contribution in [-0.2, 0) is 0 Å². The van der Waals surface area contributed by atoms with Crippen LogP contribution in [0.5, 0.6) is 0 Å². The van der Waals surface area contributed by atoms with Crippen molar-refractivity contribution in [1.29, 1.82) is 0 Å². The van der Waals surface area contributed by atoms with Crippen LogP contribution in [0.4, 0.5) is 5.82 Å². The Labute approximate surface area is 120 Å². The molecule has 0 radical (unpaired) electrons. The lowest BCUT2D eigenvalue weighted by Gasteiger charge is -2.16. The van der Waals surface area contributed by atoms with Gasteiger partial charge in [0.2, 0.25) is 0 Å². The van der Waals surface area contributed by atoms with Crippen molar-refractivity contribution in [3.63, 3.8) is 0 Å². The first kappa shape index (κ1) is 13.1. The largest absolute Gasteiger partial charge is 0.367 e. The van der Waals surface area contributed by atoms with Gasteiger partial charge in [-0.25, -0.2) is 9.97 Å². The van der Waals surface area contributed by atoms with Gasteiger partial charge in [0.15, 0.2) is 0 Å². The molecule has 104 valence electrons. The summed E-state index contributed by atoms with van der Waals surface area (Å²) in [7, 11) is 0. The lowest BCUT2D eigenvalue weighted by Crippen LogP contribution is -2.16. The van der Waals surface area contributed by atoms with Crippen molar-refractivity contribution in [3.8, 4) is 11.1 Å². The monoisotopic (exact) mass is 267 g/mol. The predicted octanol–water partition coefficient (Wildman–Crippen LogP) is 4.11. The van der Waals surface area contributed by atoms with Crippen LogP contribution in [-0.4, -0.2) is 16.0 Å². The number of benzene rings is 1. The number of rotatable bonds is 3. The Morgan fingerprint density at radius 1 is 1.15 bits per heavy atom. The maximum absolute atomic E-state index is 4.62. The Morgan fingerprint density at radius 2 is 1.95 bits per heavy atom. The molecule has 1 saturated carbocycles. The first-order valence-electron chi connectivity index (χ1n) is 7.39. The number of aryl methyl sites for hydroxylation is 2. The highest BCUT2D eigenvalue weighted by atomic mass is 15.1. The van der Waals surface area contributed by atoms with Crippen molar-refractivity contribution >= 4 is 5.82 Å². The molecule has 0 unspecified atom stereocenters. The van der Waals surface area contributed by atoms with E-state index in [0.29, 0.717) is 6.04 Å². The molecule has 0 aliphatic heterocycles. The van der Waals surface area contributed by atoms with E-state index in [1.807, 2.05) is 13.1 Å². The van der Waals surface area contributed by atoms with Gasteiger partial charge in [-0.05, 0) is 32.3 Å². The fraction of sp³-hybridized carbons (Fsp3) is 0.412.